The Balaban J connectivity index is 2.16. The van der Waals surface area contributed by atoms with Crippen molar-refractivity contribution in [3.8, 4) is 5.75 Å². The minimum absolute atomic E-state index is 0.175. The molecule has 0 radical (unpaired) electrons. The highest BCUT2D eigenvalue weighted by atomic mass is 16.3. The summed E-state index contributed by atoms with van der Waals surface area (Å²) in [6.07, 6.45) is 0. The number of phenols is 1. The number of likely N-dealkylation sites (N-methyl/N-ethyl adjacent to an activating group) is 1. The lowest BCUT2D eigenvalue weighted by Gasteiger charge is -2.43. The first-order valence-electron chi connectivity index (χ1n) is 7.97. The summed E-state index contributed by atoms with van der Waals surface area (Å²) >= 11 is 0. The van der Waals surface area contributed by atoms with Gasteiger partial charge in [0.15, 0.2) is 0 Å². The number of piperazine rings is 1. The molecule has 1 aliphatic heterocycles. The highest BCUT2D eigenvalue weighted by molar-refractivity contribution is 5.54. The number of anilines is 1. The summed E-state index contributed by atoms with van der Waals surface area (Å²) in [5, 5.41) is 13.7. The van der Waals surface area contributed by atoms with Gasteiger partial charge in [0, 0.05) is 48.5 Å². The maximum atomic E-state index is 10.3. The predicted molar refractivity (Wildman–Crippen MR) is 89.1 cm³/mol. The van der Waals surface area contributed by atoms with Gasteiger partial charge in [0.2, 0.25) is 0 Å². The largest absolute Gasteiger partial charge is 0.508 e. The molecular formula is C17H29N3O. The van der Waals surface area contributed by atoms with E-state index in [4.69, 9.17) is 0 Å². The molecule has 118 valence electrons. The minimum atomic E-state index is 0.175. The average molecular weight is 291 g/mol. The lowest BCUT2D eigenvalue weighted by Crippen LogP contribution is -2.55. The lowest BCUT2D eigenvalue weighted by atomic mass is 10.0. The molecule has 0 amide bonds. The zero-order valence-corrected chi connectivity index (χ0v) is 13.9. The van der Waals surface area contributed by atoms with Gasteiger partial charge in [-0.1, -0.05) is 13.0 Å². The lowest BCUT2D eigenvalue weighted by molar-refractivity contribution is 0.170. The zero-order chi connectivity index (χ0) is 15.6. The van der Waals surface area contributed by atoms with Gasteiger partial charge < -0.3 is 15.3 Å². The summed E-state index contributed by atoms with van der Waals surface area (Å²) in [5.41, 5.74) is 2.09. The van der Waals surface area contributed by atoms with Crippen LogP contribution in [0.25, 0.3) is 0 Å². The topological polar surface area (TPSA) is 38.7 Å². The molecule has 4 heteroatoms. The van der Waals surface area contributed by atoms with Crippen molar-refractivity contribution < 1.29 is 5.11 Å². The quantitative estimate of drug-likeness (QED) is 0.894. The third-order valence-corrected chi connectivity index (χ3v) is 4.72. The van der Waals surface area contributed by atoms with Crippen LogP contribution in [0.3, 0.4) is 0 Å². The van der Waals surface area contributed by atoms with Gasteiger partial charge in [-0.05, 0) is 40.4 Å². The molecule has 1 aliphatic rings. The molecule has 1 saturated heterocycles. The van der Waals surface area contributed by atoms with Crippen molar-refractivity contribution in [1.82, 2.24) is 10.2 Å². The molecule has 0 spiro atoms. The van der Waals surface area contributed by atoms with Gasteiger partial charge in [-0.3, -0.25) is 4.90 Å². The molecule has 2 rings (SSSR count). The molecule has 0 saturated carbocycles. The predicted octanol–water partition coefficient (Wildman–Crippen LogP) is 2.59. The molecule has 21 heavy (non-hydrogen) atoms. The molecule has 0 aromatic heterocycles. The van der Waals surface area contributed by atoms with Gasteiger partial charge in [0.1, 0.15) is 5.75 Å². The summed E-state index contributed by atoms with van der Waals surface area (Å²) < 4.78 is 0. The Morgan fingerprint density at radius 2 is 1.90 bits per heavy atom. The van der Waals surface area contributed by atoms with E-state index in [0.29, 0.717) is 17.8 Å². The van der Waals surface area contributed by atoms with Crippen LogP contribution in [0.2, 0.25) is 0 Å². The van der Waals surface area contributed by atoms with E-state index in [1.807, 2.05) is 12.1 Å². The zero-order valence-electron chi connectivity index (χ0n) is 13.9. The molecule has 1 aromatic rings. The number of hydrogen-bond acceptors (Lipinski definition) is 4. The summed E-state index contributed by atoms with van der Waals surface area (Å²) in [4.78, 5) is 4.79. The monoisotopic (exact) mass is 291 g/mol. The van der Waals surface area contributed by atoms with Crippen molar-refractivity contribution in [2.45, 2.75) is 45.8 Å². The molecular weight excluding hydrogens is 262 g/mol. The van der Waals surface area contributed by atoms with Crippen LogP contribution < -0.4 is 10.2 Å². The Bertz CT molecular complexity index is 465. The van der Waals surface area contributed by atoms with Crippen molar-refractivity contribution in [2.75, 3.05) is 31.6 Å². The van der Waals surface area contributed by atoms with E-state index in [2.05, 4.69) is 55.9 Å². The maximum absolute atomic E-state index is 10.3. The number of nitrogens with zero attached hydrogens (tertiary/aromatic N) is 2. The summed E-state index contributed by atoms with van der Waals surface area (Å²) in [5.74, 6) is 0.389. The van der Waals surface area contributed by atoms with Gasteiger partial charge in [0.25, 0.3) is 0 Å². The molecule has 3 unspecified atom stereocenters. The molecule has 2 N–H and O–H groups in total. The number of phenolic OH excluding ortho intramolecular Hbond substituents is 1. The van der Waals surface area contributed by atoms with Crippen LogP contribution in [0.15, 0.2) is 18.2 Å². The van der Waals surface area contributed by atoms with Crippen molar-refractivity contribution in [3.05, 3.63) is 23.8 Å². The van der Waals surface area contributed by atoms with Crippen molar-refractivity contribution in [1.29, 1.82) is 0 Å². The molecule has 1 fully saturated rings. The number of hydrogen-bond donors (Lipinski definition) is 2. The van der Waals surface area contributed by atoms with Crippen LogP contribution in [-0.2, 0) is 0 Å². The molecule has 0 bridgehead atoms. The Morgan fingerprint density at radius 3 is 2.43 bits per heavy atom. The third kappa shape index (κ3) is 3.50. The highest BCUT2D eigenvalue weighted by Gasteiger charge is 2.27. The fourth-order valence-corrected chi connectivity index (χ4v) is 3.13. The van der Waals surface area contributed by atoms with Gasteiger partial charge in [-0.2, -0.15) is 0 Å². The van der Waals surface area contributed by atoms with Crippen LogP contribution in [-0.4, -0.2) is 48.8 Å². The SMILES string of the molecule is CCNC(C)c1ccc(N2CC(C)N(C)C(C)C2)cc1O. The normalized spacial score (nSPS) is 25.1. The van der Waals surface area contributed by atoms with Gasteiger partial charge in [-0.15, -0.1) is 0 Å². The Morgan fingerprint density at radius 1 is 1.29 bits per heavy atom. The second kappa shape index (κ2) is 6.67. The number of rotatable bonds is 4. The van der Waals surface area contributed by atoms with Gasteiger partial charge in [-0.25, -0.2) is 0 Å². The number of aromatic hydroxyl groups is 1. The van der Waals surface area contributed by atoms with Crippen molar-refractivity contribution in [2.24, 2.45) is 0 Å². The molecule has 0 aliphatic carbocycles. The van der Waals surface area contributed by atoms with E-state index in [1.165, 1.54) is 0 Å². The Hall–Kier alpha value is -1.26. The van der Waals surface area contributed by atoms with E-state index in [9.17, 15) is 5.11 Å². The fraction of sp³-hybridized carbons (Fsp3) is 0.647. The third-order valence-electron chi connectivity index (χ3n) is 4.72. The number of nitrogens with one attached hydrogen (secondary N) is 1. The van der Waals surface area contributed by atoms with E-state index >= 15 is 0 Å². The van der Waals surface area contributed by atoms with Gasteiger partial charge in [0.05, 0.1) is 0 Å². The smallest absolute Gasteiger partial charge is 0.122 e. The average Bonchev–Trinajstić information content (AvgIpc) is 2.44. The van der Waals surface area contributed by atoms with Crippen LogP contribution in [0.4, 0.5) is 5.69 Å². The first-order valence-corrected chi connectivity index (χ1v) is 7.97. The summed E-state index contributed by atoms with van der Waals surface area (Å²) in [6.45, 7) is 11.6. The van der Waals surface area contributed by atoms with Crippen LogP contribution in [0, 0.1) is 0 Å². The molecule has 1 aromatic carbocycles. The molecule has 4 nitrogen and oxygen atoms in total. The first kappa shape index (κ1) is 16.1. The standard InChI is InChI=1S/C17H29N3O/c1-6-18-14(4)16-8-7-15(9-17(16)21)20-10-12(2)19(5)13(3)11-20/h7-9,12-14,18,21H,6,10-11H2,1-5H3. The highest BCUT2D eigenvalue weighted by Crippen LogP contribution is 2.30. The van der Waals surface area contributed by atoms with E-state index < -0.39 is 0 Å². The van der Waals surface area contributed by atoms with E-state index in [0.717, 1.165) is 30.9 Å². The van der Waals surface area contributed by atoms with Gasteiger partial charge >= 0.3 is 0 Å². The van der Waals surface area contributed by atoms with Crippen molar-refractivity contribution >= 4 is 5.69 Å². The second-order valence-corrected chi connectivity index (χ2v) is 6.29. The van der Waals surface area contributed by atoms with Crippen LogP contribution >= 0.6 is 0 Å². The van der Waals surface area contributed by atoms with E-state index in [-0.39, 0.29) is 6.04 Å². The second-order valence-electron chi connectivity index (χ2n) is 6.29. The number of benzene rings is 1. The molecule has 1 heterocycles. The molecule has 3 atom stereocenters. The Kier molecular flexibility index (Phi) is 5.12. The summed E-state index contributed by atoms with van der Waals surface area (Å²) in [7, 11) is 2.19. The van der Waals surface area contributed by atoms with E-state index in [1.54, 1.807) is 0 Å². The minimum Gasteiger partial charge on any atom is -0.508 e. The van der Waals surface area contributed by atoms with Crippen LogP contribution in [0.5, 0.6) is 5.75 Å². The van der Waals surface area contributed by atoms with Crippen molar-refractivity contribution in [3.63, 3.8) is 0 Å². The fourth-order valence-electron chi connectivity index (χ4n) is 3.13. The summed E-state index contributed by atoms with van der Waals surface area (Å²) in [6, 6.07) is 7.31. The Labute approximate surface area is 128 Å². The first-order chi connectivity index (χ1) is 9.93. The maximum Gasteiger partial charge on any atom is 0.122 e. The van der Waals surface area contributed by atoms with Crippen LogP contribution in [0.1, 0.15) is 39.3 Å².